The quantitative estimate of drug-likeness (QED) is 0.805. The van der Waals surface area contributed by atoms with E-state index in [1.807, 2.05) is 12.1 Å². The number of rotatable bonds is 5. The van der Waals surface area contributed by atoms with Gasteiger partial charge in [-0.15, -0.1) is 0 Å². The van der Waals surface area contributed by atoms with Crippen LogP contribution in [0.1, 0.15) is 38.3 Å². The molecule has 2 heteroatoms. The van der Waals surface area contributed by atoms with Crippen LogP contribution in [0.2, 0.25) is 0 Å². The van der Waals surface area contributed by atoms with E-state index in [-0.39, 0.29) is 16.9 Å². The Balaban J connectivity index is 2.81. The molecule has 1 rings (SSSR count). The largest absolute Gasteiger partial charge is 0.508 e. The second kappa shape index (κ2) is 5.85. The lowest BCUT2D eigenvalue weighted by atomic mass is 9.87. The highest BCUT2D eigenvalue weighted by Crippen LogP contribution is 2.25. The van der Waals surface area contributed by atoms with Crippen LogP contribution in [0.3, 0.4) is 0 Å². The zero-order chi connectivity index (χ0) is 13.8. The van der Waals surface area contributed by atoms with E-state index in [4.69, 9.17) is 0 Å². The summed E-state index contributed by atoms with van der Waals surface area (Å²) in [5.74, 6) is 0.278. The van der Waals surface area contributed by atoms with Gasteiger partial charge in [-0.25, -0.2) is 0 Å². The van der Waals surface area contributed by atoms with Crippen LogP contribution in [0, 0.1) is 5.41 Å². The summed E-state index contributed by atoms with van der Waals surface area (Å²) in [7, 11) is 0. The summed E-state index contributed by atoms with van der Waals surface area (Å²) in [6.07, 6.45) is 3.25. The highest BCUT2D eigenvalue weighted by Gasteiger charge is 2.13. The van der Waals surface area contributed by atoms with E-state index in [9.17, 15) is 9.90 Å². The maximum absolute atomic E-state index is 11.2. The number of carbonyl (C=O) groups excluding carboxylic acids is 1. The normalized spacial score (nSPS) is 11.3. The smallest absolute Gasteiger partial charge is 0.155 e. The van der Waals surface area contributed by atoms with Crippen LogP contribution >= 0.6 is 0 Å². The van der Waals surface area contributed by atoms with Crippen molar-refractivity contribution in [2.45, 2.75) is 40.0 Å². The molecule has 0 radical (unpaired) electrons. The first-order chi connectivity index (χ1) is 8.31. The molecule has 0 atom stereocenters. The molecule has 0 fully saturated rings. The molecule has 98 valence electrons. The summed E-state index contributed by atoms with van der Waals surface area (Å²) in [6.45, 7) is 9.99. The van der Waals surface area contributed by atoms with Crippen molar-refractivity contribution in [1.82, 2.24) is 0 Å². The molecule has 1 N–H and O–H groups in total. The van der Waals surface area contributed by atoms with Gasteiger partial charge in [-0.3, -0.25) is 4.79 Å². The van der Waals surface area contributed by atoms with Crippen molar-refractivity contribution >= 4 is 5.78 Å². The Labute approximate surface area is 109 Å². The van der Waals surface area contributed by atoms with Crippen LogP contribution in [0.4, 0.5) is 0 Å². The van der Waals surface area contributed by atoms with Crippen LogP contribution in [-0.4, -0.2) is 10.9 Å². The number of hydrogen-bond donors (Lipinski definition) is 1. The van der Waals surface area contributed by atoms with Gasteiger partial charge in [0.15, 0.2) is 5.78 Å². The third-order valence-electron chi connectivity index (χ3n) is 2.75. The molecule has 2 nitrogen and oxygen atoms in total. The number of allylic oxidation sites excluding steroid dienone is 1. The van der Waals surface area contributed by atoms with Crippen LogP contribution in [-0.2, 0) is 17.6 Å². The second-order valence-electron chi connectivity index (χ2n) is 5.87. The average Bonchev–Trinajstić information content (AvgIpc) is 2.27. The van der Waals surface area contributed by atoms with E-state index in [0.717, 1.165) is 12.0 Å². The minimum Gasteiger partial charge on any atom is -0.508 e. The monoisotopic (exact) mass is 246 g/mol. The van der Waals surface area contributed by atoms with Crippen molar-refractivity contribution in [3.8, 4) is 5.75 Å². The SMILES string of the molecule is C=CC(=O)CCc1cc(CC(C)(C)C)ccc1O. The van der Waals surface area contributed by atoms with Gasteiger partial charge in [0.2, 0.25) is 0 Å². The van der Waals surface area contributed by atoms with Crippen molar-refractivity contribution < 1.29 is 9.90 Å². The first-order valence-electron chi connectivity index (χ1n) is 6.28. The minimum absolute atomic E-state index is 0.00984. The molecule has 0 unspecified atom stereocenters. The predicted octanol–water partition coefficient (Wildman–Crippen LogP) is 3.67. The lowest BCUT2D eigenvalue weighted by molar-refractivity contribution is -0.114. The van der Waals surface area contributed by atoms with Gasteiger partial charge in [0.1, 0.15) is 5.75 Å². The topological polar surface area (TPSA) is 37.3 Å². The van der Waals surface area contributed by atoms with Gasteiger partial charge in [-0.1, -0.05) is 39.5 Å². The van der Waals surface area contributed by atoms with E-state index in [1.165, 1.54) is 11.6 Å². The molecule has 0 aromatic heterocycles. The molecule has 1 aromatic carbocycles. The van der Waals surface area contributed by atoms with E-state index < -0.39 is 0 Å². The fourth-order valence-electron chi connectivity index (χ4n) is 1.92. The lowest BCUT2D eigenvalue weighted by Crippen LogP contribution is -2.09. The van der Waals surface area contributed by atoms with Gasteiger partial charge in [0.25, 0.3) is 0 Å². The Bertz CT molecular complexity index is 439. The van der Waals surface area contributed by atoms with Gasteiger partial charge < -0.3 is 5.11 Å². The zero-order valence-electron chi connectivity index (χ0n) is 11.5. The Kier molecular flexibility index (Phi) is 4.71. The highest BCUT2D eigenvalue weighted by atomic mass is 16.3. The molecule has 0 saturated heterocycles. The number of phenolic OH excluding ortho intramolecular Hbond substituents is 1. The molecule has 18 heavy (non-hydrogen) atoms. The number of aryl methyl sites for hydroxylation is 1. The van der Waals surface area contributed by atoms with E-state index in [1.54, 1.807) is 6.07 Å². The Morgan fingerprint density at radius 2 is 2.06 bits per heavy atom. The molecular formula is C16H22O2. The van der Waals surface area contributed by atoms with E-state index in [0.29, 0.717) is 12.8 Å². The molecule has 0 aliphatic carbocycles. The number of benzene rings is 1. The van der Waals surface area contributed by atoms with Crippen LogP contribution in [0.15, 0.2) is 30.9 Å². The number of aromatic hydroxyl groups is 1. The van der Waals surface area contributed by atoms with E-state index >= 15 is 0 Å². The first-order valence-corrected chi connectivity index (χ1v) is 6.28. The Hall–Kier alpha value is -1.57. The maximum Gasteiger partial charge on any atom is 0.155 e. The molecule has 1 aromatic rings. The highest BCUT2D eigenvalue weighted by molar-refractivity contribution is 5.89. The Morgan fingerprint density at radius 1 is 1.39 bits per heavy atom. The number of phenols is 1. The fraction of sp³-hybridized carbons (Fsp3) is 0.438. The zero-order valence-corrected chi connectivity index (χ0v) is 11.5. The van der Waals surface area contributed by atoms with Crippen molar-refractivity contribution in [3.05, 3.63) is 42.0 Å². The predicted molar refractivity (Wildman–Crippen MR) is 74.8 cm³/mol. The van der Waals surface area contributed by atoms with Crippen molar-refractivity contribution in [3.63, 3.8) is 0 Å². The Morgan fingerprint density at radius 3 is 2.61 bits per heavy atom. The molecule has 0 heterocycles. The van der Waals surface area contributed by atoms with Crippen molar-refractivity contribution in [2.24, 2.45) is 5.41 Å². The molecule has 0 spiro atoms. The van der Waals surface area contributed by atoms with Crippen LogP contribution in [0.5, 0.6) is 5.75 Å². The molecule has 0 amide bonds. The first kappa shape index (κ1) is 14.5. The van der Waals surface area contributed by atoms with Crippen LogP contribution in [0.25, 0.3) is 0 Å². The van der Waals surface area contributed by atoms with E-state index in [2.05, 4.69) is 27.4 Å². The van der Waals surface area contributed by atoms with Crippen molar-refractivity contribution in [2.75, 3.05) is 0 Å². The molecule has 0 aliphatic heterocycles. The third-order valence-corrected chi connectivity index (χ3v) is 2.75. The van der Waals surface area contributed by atoms with Gasteiger partial charge in [0, 0.05) is 6.42 Å². The third kappa shape index (κ3) is 4.74. The molecule has 0 bridgehead atoms. The molecule has 0 saturated carbocycles. The van der Waals surface area contributed by atoms with Crippen molar-refractivity contribution in [1.29, 1.82) is 0 Å². The van der Waals surface area contributed by atoms with Gasteiger partial charge in [-0.05, 0) is 41.5 Å². The second-order valence-corrected chi connectivity index (χ2v) is 5.87. The van der Waals surface area contributed by atoms with Gasteiger partial charge in [0.05, 0.1) is 0 Å². The summed E-state index contributed by atoms with van der Waals surface area (Å²) in [5.41, 5.74) is 2.25. The maximum atomic E-state index is 11.2. The van der Waals surface area contributed by atoms with Gasteiger partial charge in [-0.2, -0.15) is 0 Å². The summed E-state index contributed by atoms with van der Waals surface area (Å²) >= 11 is 0. The number of carbonyl (C=O) groups is 1. The molecule has 0 aliphatic rings. The number of ketones is 1. The summed E-state index contributed by atoms with van der Waals surface area (Å²) < 4.78 is 0. The lowest BCUT2D eigenvalue weighted by Gasteiger charge is -2.18. The summed E-state index contributed by atoms with van der Waals surface area (Å²) in [4.78, 5) is 11.2. The minimum atomic E-state index is 0.00984. The summed E-state index contributed by atoms with van der Waals surface area (Å²) in [6, 6.07) is 5.66. The van der Waals surface area contributed by atoms with Crippen LogP contribution < -0.4 is 0 Å². The molecular weight excluding hydrogens is 224 g/mol. The fourth-order valence-corrected chi connectivity index (χ4v) is 1.92. The van der Waals surface area contributed by atoms with Gasteiger partial charge >= 0.3 is 0 Å². The average molecular weight is 246 g/mol. The standard InChI is InChI=1S/C16H22O2/c1-5-14(17)8-7-13-10-12(6-9-15(13)18)11-16(2,3)4/h5-6,9-10,18H,1,7-8,11H2,2-4H3. The summed E-state index contributed by atoms with van der Waals surface area (Å²) in [5, 5.41) is 9.78. The number of hydrogen-bond acceptors (Lipinski definition) is 2.